The maximum absolute atomic E-state index is 14.1. The fourth-order valence-corrected chi connectivity index (χ4v) is 3.08. The van der Waals surface area contributed by atoms with Crippen LogP contribution in [0, 0.1) is 5.82 Å². The predicted molar refractivity (Wildman–Crippen MR) is 91.2 cm³/mol. The number of nitrogens with one attached hydrogen (secondary N) is 3. The van der Waals surface area contributed by atoms with E-state index in [0.29, 0.717) is 18.4 Å². The van der Waals surface area contributed by atoms with Gasteiger partial charge in [0.05, 0.1) is 6.20 Å². The van der Waals surface area contributed by atoms with Gasteiger partial charge in [-0.3, -0.25) is 0 Å². The zero-order valence-electron chi connectivity index (χ0n) is 13.2. The maximum atomic E-state index is 14.1. The molecule has 6 nitrogen and oxygen atoms in total. The van der Waals surface area contributed by atoms with Crippen molar-refractivity contribution >= 4 is 16.9 Å². The molecule has 0 spiro atoms. The second-order valence-electron chi connectivity index (χ2n) is 6.02. The average Bonchev–Trinajstić information content (AvgIpc) is 3.06. The van der Waals surface area contributed by atoms with Crippen LogP contribution in [0.25, 0.3) is 22.4 Å². The van der Waals surface area contributed by atoms with Gasteiger partial charge in [0, 0.05) is 35.9 Å². The summed E-state index contributed by atoms with van der Waals surface area (Å²) in [4.78, 5) is 15.9. The topological polar surface area (TPSA) is 78.5 Å². The van der Waals surface area contributed by atoms with Crippen LogP contribution in [0.5, 0.6) is 0 Å². The Hall–Kier alpha value is -2.54. The molecule has 0 radical (unpaired) electrons. The van der Waals surface area contributed by atoms with Gasteiger partial charge in [0.2, 0.25) is 0 Å². The highest BCUT2D eigenvalue weighted by molar-refractivity contribution is 5.91. The van der Waals surface area contributed by atoms with Crippen molar-refractivity contribution in [2.45, 2.75) is 25.3 Å². The number of aromatic amines is 1. The van der Waals surface area contributed by atoms with Crippen LogP contribution in [-0.4, -0.2) is 39.1 Å². The molecule has 0 bridgehead atoms. The third-order valence-corrected chi connectivity index (χ3v) is 4.36. The molecule has 24 heavy (non-hydrogen) atoms. The van der Waals surface area contributed by atoms with E-state index in [4.69, 9.17) is 0 Å². The minimum atomic E-state index is -0.437. The summed E-state index contributed by atoms with van der Waals surface area (Å²) >= 11 is 0. The summed E-state index contributed by atoms with van der Waals surface area (Å²) < 4.78 is 14.1. The molecule has 1 aliphatic rings. The monoisotopic (exact) mass is 326 g/mol. The molecule has 3 aromatic rings. The first-order chi connectivity index (χ1) is 11.8. The van der Waals surface area contributed by atoms with Crippen LogP contribution in [0.2, 0.25) is 0 Å². The molecule has 0 unspecified atom stereocenters. The maximum Gasteiger partial charge on any atom is 0.183 e. The summed E-state index contributed by atoms with van der Waals surface area (Å²) in [7, 11) is 0. The Morgan fingerprint density at radius 2 is 2.25 bits per heavy atom. The number of fused-ring (bicyclic) bond motifs is 1. The van der Waals surface area contributed by atoms with Crippen molar-refractivity contribution < 1.29 is 4.39 Å². The molecule has 3 N–H and O–H groups in total. The molecule has 4 heterocycles. The molecule has 0 saturated carbocycles. The van der Waals surface area contributed by atoms with Gasteiger partial charge in [0.25, 0.3) is 0 Å². The molecular weight excluding hydrogens is 307 g/mol. The molecule has 7 heteroatoms. The van der Waals surface area contributed by atoms with Gasteiger partial charge in [0.15, 0.2) is 17.5 Å². The third kappa shape index (κ3) is 2.94. The first-order valence-corrected chi connectivity index (χ1v) is 8.23. The van der Waals surface area contributed by atoms with E-state index in [2.05, 4.69) is 30.6 Å². The summed E-state index contributed by atoms with van der Waals surface area (Å²) in [6, 6.07) is 4.16. The number of hydrogen-bond acceptors (Lipinski definition) is 5. The molecule has 0 aromatic carbocycles. The van der Waals surface area contributed by atoms with E-state index in [-0.39, 0.29) is 5.82 Å². The molecule has 124 valence electrons. The highest BCUT2D eigenvalue weighted by Crippen LogP contribution is 2.26. The third-order valence-electron chi connectivity index (χ3n) is 4.36. The number of hydrogen-bond donors (Lipinski definition) is 3. The molecule has 1 fully saturated rings. The van der Waals surface area contributed by atoms with Crippen molar-refractivity contribution in [3.8, 4) is 11.4 Å². The van der Waals surface area contributed by atoms with Crippen LogP contribution in [-0.2, 0) is 0 Å². The predicted octanol–water partition coefficient (Wildman–Crippen LogP) is 2.71. The normalized spacial score (nSPS) is 18.0. The molecule has 3 aromatic heterocycles. The highest BCUT2D eigenvalue weighted by atomic mass is 19.1. The van der Waals surface area contributed by atoms with Gasteiger partial charge in [-0.1, -0.05) is 6.42 Å². The van der Waals surface area contributed by atoms with Crippen molar-refractivity contribution in [3.63, 3.8) is 0 Å². The van der Waals surface area contributed by atoms with Crippen LogP contribution < -0.4 is 10.6 Å². The van der Waals surface area contributed by atoms with Gasteiger partial charge in [0.1, 0.15) is 5.65 Å². The zero-order valence-corrected chi connectivity index (χ0v) is 13.2. The number of aromatic nitrogens is 4. The van der Waals surface area contributed by atoms with Crippen molar-refractivity contribution in [1.29, 1.82) is 0 Å². The van der Waals surface area contributed by atoms with Gasteiger partial charge < -0.3 is 15.6 Å². The second-order valence-corrected chi connectivity index (χ2v) is 6.02. The fraction of sp³-hybridized carbons (Fsp3) is 0.353. The molecular formula is C17H19FN6. The summed E-state index contributed by atoms with van der Waals surface area (Å²) in [5.41, 5.74) is 1.58. The quantitative estimate of drug-likeness (QED) is 0.687. The van der Waals surface area contributed by atoms with Crippen molar-refractivity contribution in [2.75, 3.05) is 18.4 Å². The Kier molecular flexibility index (Phi) is 4.08. The Bertz CT molecular complexity index is 840. The molecule has 1 atom stereocenters. The van der Waals surface area contributed by atoms with Crippen LogP contribution >= 0.6 is 0 Å². The number of pyridine rings is 1. The van der Waals surface area contributed by atoms with E-state index >= 15 is 0 Å². The van der Waals surface area contributed by atoms with Crippen molar-refractivity contribution in [1.82, 2.24) is 25.3 Å². The highest BCUT2D eigenvalue weighted by Gasteiger charge is 2.15. The molecule has 1 aliphatic heterocycles. The van der Waals surface area contributed by atoms with Gasteiger partial charge >= 0.3 is 0 Å². The standard InChI is InChI=1S/C17H19FN6/c18-14-10-23-16(13-9-22-15-12(13)5-3-7-20-15)24-17(14)21-8-11-4-1-2-6-19-11/h3,5,7,9-11,19H,1-2,4,6,8H2,(H,20,22)(H,21,23,24)/t11-/m0/s1. The number of H-pyrrole nitrogens is 1. The first-order valence-electron chi connectivity index (χ1n) is 8.23. The summed E-state index contributed by atoms with van der Waals surface area (Å²) in [6.07, 6.45) is 8.25. The Morgan fingerprint density at radius 1 is 1.29 bits per heavy atom. The van der Waals surface area contributed by atoms with E-state index in [1.165, 1.54) is 19.0 Å². The fourth-order valence-electron chi connectivity index (χ4n) is 3.08. The van der Waals surface area contributed by atoms with E-state index < -0.39 is 5.82 Å². The Balaban J connectivity index is 1.58. The average molecular weight is 326 g/mol. The first kappa shape index (κ1) is 15.0. The van der Waals surface area contributed by atoms with E-state index in [0.717, 1.165) is 29.6 Å². The second kappa shape index (κ2) is 6.52. The van der Waals surface area contributed by atoms with E-state index in [1.807, 2.05) is 12.1 Å². The van der Waals surface area contributed by atoms with Crippen LogP contribution in [0.15, 0.2) is 30.7 Å². The lowest BCUT2D eigenvalue weighted by Crippen LogP contribution is -2.39. The molecule has 0 aliphatic carbocycles. The van der Waals surface area contributed by atoms with Crippen molar-refractivity contribution in [3.05, 3.63) is 36.5 Å². The number of nitrogens with zero attached hydrogens (tertiary/aromatic N) is 3. The largest absolute Gasteiger partial charge is 0.366 e. The summed E-state index contributed by atoms with van der Waals surface area (Å²) in [5, 5.41) is 7.47. The Morgan fingerprint density at radius 3 is 3.12 bits per heavy atom. The lowest BCUT2D eigenvalue weighted by atomic mass is 10.1. The Labute approximate surface area is 138 Å². The molecule has 0 amide bonds. The van der Waals surface area contributed by atoms with Crippen LogP contribution in [0.4, 0.5) is 10.2 Å². The zero-order chi connectivity index (χ0) is 16.4. The van der Waals surface area contributed by atoms with Gasteiger partial charge in [-0.25, -0.2) is 19.3 Å². The number of piperidine rings is 1. The van der Waals surface area contributed by atoms with E-state index in [9.17, 15) is 4.39 Å². The number of anilines is 1. The van der Waals surface area contributed by atoms with Crippen LogP contribution in [0.3, 0.4) is 0 Å². The summed E-state index contributed by atoms with van der Waals surface area (Å²) in [5.74, 6) is 0.285. The number of rotatable bonds is 4. The lowest BCUT2D eigenvalue weighted by molar-refractivity contribution is 0.413. The van der Waals surface area contributed by atoms with Crippen LogP contribution in [0.1, 0.15) is 19.3 Å². The summed E-state index contributed by atoms with van der Waals surface area (Å²) in [6.45, 7) is 1.68. The SMILES string of the molecule is Fc1cnc(-c2c[nH]c3ncccc23)nc1NC[C@@H]1CCCCN1. The minimum Gasteiger partial charge on any atom is -0.366 e. The lowest BCUT2D eigenvalue weighted by Gasteiger charge is -2.23. The minimum absolute atomic E-state index is 0.241. The van der Waals surface area contributed by atoms with Gasteiger partial charge in [-0.2, -0.15) is 0 Å². The van der Waals surface area contributed by atoms with E-state index in [1.54, 1.807) is 12.4 Å². The smallest absolute Gasteiger partial charge is 0.183 e. The van der Waals surface area contributed by atoms with Crippen molar-refractivity contribution in [2.24, 2.45) is 0 Å². The molecule has 4 rings (SSSR count). The number of halogens is 1. The molecule has 1 saturated heterocycles. The van der Waals surface area contributed by atoms with Gasteiger partial charge in [-0.05, 0) is 31.5 Å². The van der Waals surface area contributed by atoms with Gasteiger partial charge in [-0.15, -0.1) is 0 Å².